The van der Waals surface area contributed by atoms with Gasteiger partial charge in [-0.2, -0.15) is 0 Å². The molecule has 0 aromatic heterocycles. The van der Waals surface area contributed by atoms with Crippen LogP contribution in [0, 0.1) is 12.0 Å². The van der Waals surface area contributed by atoms with Crippen LogP contribution in [0.25, 0.3) is 4.85 Å². The molecule has 2 N–H and O–H groups in total. The first-order valence-corrected chi connectivity index (χ1v) is 10.7. The van der Waals surface area contributed by atoms with E-state index in [2.05, 4.69) is 48.3 Å². The van der Waals surface area contributed by atoms with Crippen molar-refractivity contribution in [3.8, 4) is 5.75 Å². The van der Waals surface area contributed by atoms with Gasteiger partial charge < -0.3 is 20.3 Å². The van der Waals surface area contributed by atoms with Gasteiger partial charge in [0.15, 0.2) is 5.69 Å². The Morgan fingerprint density at radius 1 is 1.26 bits per heavy atom. The third kappa shape index (κ3) is 5.18. The predicted octanol–water partition coefficient (Wildman–Crippen LogP) is 4.88. The van der Waals surface area contributed by atoms with Crippen molar-refractivity contribution in [3.63, 3.8) is 0 Å². The lowest BCUT2D eigenvalue weighted by atomic mass is 9.77. The van der Waals surface area contributed by atoms with Crippen LogP contribution < -0.4 is 15.4 Å². The lowest BCUT2D eigenvalue weighted by Crippen LogP contribution is -2.48. The molecule has 0 spiro atoms. The number of rotatable bonds is 7. The van der Waals surface area contributed by atoms with E-state index in [-0.39, 0.29) is 23.4 Å². The Bertz CT molecular complexity index is 960. The highest BCUT2D eigenvalue weighted by atomic mass is 16.5. The highest BCUT2D eigenvalue weighted by Gasteiger charge is 2.37. The van der Waals surface area contributed by atoms with Gasteiger partial charge in [0.05, 0.1) is 13.2 Å². The second-order valence-electron chi connectivity index (χ2n) is 8.92. The third-order valence-corrected chi connectivity index (χ3v) is 6.01. The molecule has 1 heterocycles. The Kier molecular flexibility index (Phi) is 6.87. The summed E-state index contributed by atoms with van der Waals surface area (Å²) in [7, 11) is 4.14. The third-order valence-electron chi connectivity index (χ3n) is 6.01. The minimum Gasteiger partial charge on any atom is -0.494 e. The van der Waals surface area contributed by atoms with Gasteiger partial charge >= 0.3 is 0 Å². The summed E-state index contributed by atoms with van der Waals surface area (Å²) in [6.07, 6.45) is 0.896. The van der Waals surface area contributed by atoms with Gasteiger partial charge in [0.1, 0.15) is 5.75 Å². The largest absolute Gasteiger partial charge is 0.494 e. The molecule has 1 amide bonds. The minimum absolute atomic E-state index is 0.0850. The Morgan fingerprint density at radius 3 is 2.58 bits per heavy atom. The maximum atomic E-state index is 12.7. The van der Waals surface area contributed by atoms with E-state index in [0.717, 1.165) is 23.4 Å². The Hall–Kier alpha value is -3.04. The van der Waals surface area contributed by atoms with Crippen LogP contribution in [0.4, 0.5) is 11.4 Å². The molecule has 0 bridgehead atoms. The normalized spacial score (nSPS) is 18.0. The van der Waals surface area contributed by atoms with Crippen molar-refractivity contribution in [2.24, 2.45) is 5.41 Å². The first-order valence-electron chi connectivity index (χ1n) is 10.7. The van der Waals surface area contributed by atoms with E-state index in [0.29, 0.717) is 24.4 Å². The first kappa shape index (κ1) is 22.6. The second kappa shape index (κ2) is 9.40. The fourth-order valence-electron chi connectivity index (χ4n) is 4.03. The van der Waals surface area contributed by atoms with Crippen molar-refractivity contribution in [2.45, 2.75) is 39.3 Å². The van der Waals surface area contributed by atoms with E-state index in [1.165, 1.54) is 0 Å². The van der Waals surface area contributed by atoms with Crippen molar-refractivity contribution in [1.82, 2.24) is 10.2 Å². The number of hydrogen-bond acceptors (Lipinski definition) is 4. The van der Waals surface area contributed by atoms with E-state index in [9.17, 15) is 4.79 Å². The summed E-state index contributed by atoms with van der Waals surface area (Å²) in [6.45, 7) is 14.8. The van der Waals surface area contributed by atoms with E-state index < -0.39 is 0 Å². The van der Waals surface area contributed by atoms with Crippen LogP contribution in [-0.4, -0.2) is 44.1 Å². The van der Waals surface area contributed by atoms with Crippen molar-refractivity contribution in [2.75, 3.05) is 32.6 Å². The number of ether oxygens (including phenoxy) is 1. The average molecular weight is 421 g/mol. The van der Waals surface area contributed by atoms with Gasteiger partial charge in [0, 0.05) is 35.3 Å². The standard InChI is InChI=1S/C25H32N4O2/c1-7-31-19-11-8-17(9-12-19)24(30)27-16-25(2,3)23-15-22(29(5)6)20-14-18(26-4)10-13-21(20)28-23/h8-14,22-23,28H,7,15-16H2,1-3,5-6H3,(H,27,30). The van der Waals surface area contributed by atoms with Gasteiger partial charge in [-0.05, 0) is 69.4 Å². The molecule has 2 aromatic rings. The highest BCUT2D eigenvalue weighted by Crippen LogP contribution is 2.42. The number of carbonyl (C=O) groups is 1. The maximum Gasteiger partial charge on any atom is 0.251 e. The molecule has 31 heavy (non-hydrogen) atoms. The topological polar surface area (TPSA) is 58.0 Å². The van der Waals surface area contributed by atoms with Crippen molar-refractivity contribution >= 4 is 17.3 Å². The van der Waals surface area contributed by atoms with E-state index >= 15 is 0 Å². The second-order valence-corrected chi connectivity index (χ2v) is 8.92. The Labute approximate surface area is 185 Å². The average Bonchev–Trinajstić information content (AvgIpc) is 2.77. The van der Waals surface area contributed by atoms with Gasteiger partial charge in [-0.25, -0.2) is 4.85 Å². The smallest absolute Gasteiger partial charge is 0.251 e. The molecule has 6 nitrogen and oxygen atoms in total. The predicted molar refractivity (Wildman–Crippen MR) is 125 cm³/mol. The molecule has 0 aliphatic carbocycles. The van der Waals surface area contributed by atoms with Crippen LogP contribution in [0.2, 0.25) is 0 Å². The fourth-order valence-corrected chi connectivity index (χ4v) is 4.03. The van der Waals surface area contributed by atoms with E-state index in [1.54, 1.807) is 12.1 Å². The molecule has 3 rings (SSSR count). The van der Waals surface area contributed by atoms with Crippen molar-refractivity contribution in [1.29, 1.82) is 0 Å². The molecule has 2 unspecified atom stereocenters. The molecule has 0 radical (unpaired) electrons. The molecule has 1 aliphatic rings. The van der Waals surface area contributed by atoms with Gasteiger partial charge in [-0.3, -0.25) is 4.79 Å². The number of carbonyl (C=O) groups excluding carboxylic acids is 1. The zero-order valence-corrected chi connectivity index (χ0v) is 19.0. The SMILES string of the molecule is [C-]#[N+]c1ccc2c(c1)C(N(C)C)CC(C(C)(C)CNC(=O)c1ccc(OCC)cc1)N2. The summed E-state index contributed by atoms with van der Waals surface area (Å²) < 4.78 is 5.45. The highest BCUT2D eigenvalue weighted by molar-refractivity contribution is 5.94. The van der Waals surface area contributed by atoms with Gasteiger partial charge in [0.25, 0.3) is 5.91 Å². The van der Waals surface area contributed by atoms with Crippen LogP contribution in [0.5, 0.6) is 5.75 Å². The Balaban J connectivity index is 1.71. The van der Waals surface area contributed by atoms with E-state index in [4.69, 9.17) is 11.3 Å². The fraction of sp³-hybridized carbons (Fsp3) is 0.440. The van der Waals surface area contributed by atoms with Crippen LogP contribution >= 0.6 is 0 Å². The number of anilines is 1. The van der Waals surface area contributed by atoms with Crippen LogP contribution in [0.15, 0.2) is 42.5 Å². The molecule has 164 valence electrons. The zero-order valence-electron chi connectivity index (χ0n) is 19.0. The van der Waals surface area contributed by atoms with Crippen LogP contribution in [-0.2, 0) is 0 Å². The molecular weight excluding hydrogens is 388 g/mol. The number of fused-ring (bicyclic) bond motifs is 1. The first-order chi connectivity index (χ1) is 14.7. The summed E-state index contributed by atoms with van der Waals surface area (Å²) in [5, 5.41) is 6.76. The lowest BCUT2D eigenvalue weighted by molar-refractivity contribution is 0.0927. The zero-order chi connectivity index (χ0) is 22.6. The molecule has 0 saturated carbocycles. The molecule has 1 aliphatic heterocycles. The van der Waals surface area contributed by atoms with Crippen LogP contribution in [0.1, 0.15) is 49.2 Å². The molecule has 2 aromatic carbocycles. The van der Waals surface area contributed by atoms with Crippen molar-refractivity contribution in [3.05, 3.63) is 65.0 Å². The summed E-state index contributed by atoms with van der Waals surface area (Å²) >= 11 is 0. The summed E-state index contributed by atoms with van der Waals surface area (Å²) in [5.74, 6) is 0.679. The Morgan fingerprint density at radius 2 is 1.97 bits per heavy atom. The van der Waals surface area contributed by atoms with Gasteiger partial charge in [0.2, 0.25) is 0 Å². The molecule has 2 atom stereocenters. The quantitative estimate of drug-likeness (QED) is 0.627. The summed E-state index contributed by atoms with van der Waals surface area (Å²) in [4.78, 5) is 18.5. The maximum absolute atomic E-state index is 12.7. The number of amides is 1. The number of nitrogens with one attached hydrogen (secondary N) is 2. The lowest BCUT2D eigenvalue weighted by Gasteiger charge is -2.44. The summed E-state index contributed by atoms with van der Waals surface area (Å²) in [5.41, 5.74) is 3.33. The summed E-state index contributed by atoms with van der Waals surface area (Å²) in [6, 6.07) is 13.4. The minimum atomic E-state index is -0.175. The molecule has 6 heteroatoms. The van der Waals surface area contributed by atoms with Crippen molar-refractivity contribution < 1.29 is 9.53 Å². The van der Waals surface area contributed by atoms with Gasteiger partial charge in [-0.15, -0.1) is 0 Å². The molecule has 0 saturated heterocycles. The van der Waals surface area contributed by atoms with Gasteiger partial charge in [-0.1, -0.05) is 19.9 Å². The van der Waals surface area contributed by atoms with Crippen LogP contribution in [0.3, 0.4) is 0 Å². The molecule has 0 fully saturated rings. The monoisotopic (exact) mass is 420 g/mol. The number of hydrogen-bond donors (Lipinski definition) is 2. The molecular formula is C25H32N4O2. The number of benzene rings is 2. The van der Waals surface area contributed by atoms with E-state index in [1.807, 2.05) is 37.3 Å². The number of nitrogens with zero attached hydrogens (tertiary/aromatic N) is 2.